The van der Waals surface area contributed by atoms with Crippen LogP contribution in [-0.4, -0.2) is 45.8 Å². The molecule has 0 unspecified atom stereocenters. The fourth-order valence-corrected chi connectivity index (χ4v) is 1.19. The second-order valence-electron chi connectivity index (χ2n) is 9.67. The first-order valence-electron chi connectivity index (χ1n) is 10.4. The molecule has 0 fully saturated rings. The Labute approximate surface area is 216 Å². The van der Waals surface area contributed by atoms with Crippen molar-refractivity contribution in [1.82, 2.24) is 0 Å². The van der Waals surface area contributed by atoms with Crippen molar-refractivity contribution in [2.45, 2.75) is 107 Å². The fourth-order valence-electron chi connectivity index (χ4n) is 1.19. The molecule has 202 valence electrons. The summed E-state index contributed by atoms with van der Waals surface area (Å²) >= 11 is -0.472. The SMILES string of the molecule is CC(C)(C)C(=O)CCC(=O)O.CC(C)(C)C(=O)CCC(=O)O.CC(C)N.CC(C)N.[Cl][Pt+2][Cl]. The third kappa shape index (κ3) is 59.3. The van der Waals surface area contributed by atoms with E-state index in [-0.39, 0.29) is 37.2 Å². The normalized spacial score (nSPS) is 10.3. The Morgan fingerprint density at radius 3 is 0.909 bits per heavy atom. The predicted molar refractivity (Wildman–Crippen MR) is 133 cm³/mol. The number of ketones is 2. The number of nitrogens with two attached hydrogens (primary N) is 2. The summed E-state index contributed by atoms with van der Waals surface area (Å²) in [4.78, 5) is 42.4. The van der Waals surface area contributed by atoms with E-state index in [4.69, 9.17) is 40.5 Å². The van der Waals surface area contributed by atoms with Gasteiger partial charge in [-0.2, -0.15) is 0 Å². The summed E-state index contributed by atoms with van der Waals surface area (Å²) in [6, 6.07) is 0.667. The van der Waals surface area contributed by atoms with E-state index in [1.807, 2.05) is 27.7 Å². The fraction of sp³-hybridized carbons (Fsp3) is 0.818. The second-order valence-corrected chi connectivity index (χ2v) is 12.9. The predicted octanol–water partition coefficient (Wildman–Crippen LogP) is 5.02. The molecule has 11 heteroatoms. The standard InChI is InChI=1S/2C8H14O3.2C3H9N.2ClH.Pt/c2*1-8(2,3)6(9)4-5-7(10)11;2*1-3(2)4;;;/h2*4-5H2,1-3H3,(H,10,11);2*3H,4H2,1-2H3;2*1H;/q;;;;;;+4/p-2. The van der Waals surface area contributed by atoms with Gasteiger partial charge in [-0.05, 0) is 12.1 Å². The molecule has 0 aromatic rings. The minimum absolute atomic E-state index is 0.0000926. The summed E-state index contributed by atoms with van der Waals surface area (Å²) in [6.07, 6.45) is 0.157. The number of rotatable bonds is 6. The van der Waals surface area contributed by atoms with Gasteiger partial charge in [0.2, 0.25) is 0 Å². The average Bonchev–Trinajstić information content (AvgIpc) is 2.55. The number of hydrogen-bond acceptors (Lipinski definition) is 6. The van der Waals surface area contributed by atoms with Crippen molar-refractivity contribution >= 4 is 42.3 Å². The van der Waals surface area contributed by atoms with E-state index in [1.54, 1.807) is 41.5 Å². The van der Waals surface area contributed by atoms with Gasteiger partial charge in [0.25, 0.3) is 0 Å². The summed E-state index contributed by atoms with van der Waals surface area (Å²) < 4.78 is 0. The van der Waals surface area contributed by atoms with E-state index in [1.165, 1.54) is 0 Å². The Morgan fingerprint density at radius 2 is 0.818 bits per heavy atom. The summed E-state index contributed by atoms with van der Waals surface area (Å²) in [5.74, 6) is -1.83. The van der Waals surface area contributed by atoms with E-state index in [0.717, 1.165) is 0 Å². The topological polar surface area (TPSA) is 161 Å². The Balaban J connectivity index is -0.000000110. The zero-order valence-electron chi connectivity index (χ0n) is 21.7. The van der Waals surface area contributed by atoms with Crippen LogP contribution in [0, 0.1) is 10.8 Å². The van der Waals surface area contributed by atoms with Crippen molar-refractivity contribution in [3.8, 4) is 0 Å². The Kier molecular flexibility index (Phi) is 31.8. The second kappa shape index (κ2) is 24.6. The van der Waals surface area contributed by atoms with Crippen LogP contribution in [0.2, 0.25) is 0 Å². The van der Waals surface area contributed by atoms with Gasteiger partial charge in [-0.3, -0.25) is 19.2 Å². The molecule has 0 heterocycles. The molecule has 0 spiro atoms. The molecule has 0 radical (unpaired) electrons. The molecule has 0 aliphatic heterocycles. The molecule has 0 atom stereocenters. The Morgan fingerprint density at radius 1 is 0.667 bits per heavy atom. The third-order valence-electron chi connectivity index (χ3n) is 2.80. The van der Waals surface area contributed by atoms with Crippen molar-refractivity contribution in [1.29, 1.82) is 0 Å². The van der Waals surface area contributed by atoms with Crippen molar-refractivity contribution in [2.75, 3.05) is 0 Å². The maximum absolute atomic E-state index is 11.1. The van der Waals surface area contributed by atoms with Crippen LogP contribution in [-0.2, 0) is 35.7 Å². The van der Waals surface area contributed by atoms with Crippen LogP contribution in [0.4, 0.5) is 0 Å². The maximum atomic E-state index is 11.1. The molecule has 8 nitrogen and oxygen atoms in total. The van der Waals surface area contributed by atoms with Gasteiger partial charge in [0, 0.05) is 23.7 Å². The monoisotopic (exact) mass is 699 g/mol. The molecular weight excluding hydrogens is 654 g/mol. The molecule has 0 aromatic carbocycles. The van der Waals surface area contributed by atoms with Crippen molar-refractivity contribution in [3.63, 3.8) is 0 Å². The summed E-state index contributed by atoms with van der Waals surface area (Å²) in [7, 11) is 9.75. The number of carboxylic acid groups (broad SMARTS) is 2. The average molecular weight is 701 g/mol. The van der Waals surface area contributed by atoms with E-state index in [2.05, 4.69) is 0 Å². The number of hydrogen-bond donors (Lipinski definition) is 4. The van der Waals surface area contributed by atoms with Crippen LogP contribution in [0.25, 0.3) is 0 Å². The van der Waals surface area contributed by atoms with E-state index >= 15 is 0 Å². The van der Waals surface area contributed by atoms with Crippen LogP contribution < -0.4 is 11.5 Å². The van der Waals surface area contributed by atoms with Gasteiger partial charge in [-0.15, -0.1) is 0 Å². The van der Waals surface area contributed by atoms with Crippen molar-refractivity contribution in [3.05, 3.63) is 0 Å². The molecule has 0 rings (SSSR count). The van der Waals surface area contributed by atoms with Gasteiger partial charge in [-0.25, -0.2) is 0 Å². The van der Waals surface area contributed by atoms with Crippen LogP contribution in [0.3, 0.4) is 0 Å². The number of Topliss-reactive ketones (excluding diaryl/α,β-unsaturated/α-hetero) is 2. The number of aliphatic carboxylic acids is 2. The van der Waals surface area contributed by atoms with Crippen LogP contribution in [0.5, 0.6) is 0 Å². The van der Waals surface area contributed by atoms with Gasteiger partial charge >= 0.3 is 47.3 Å². The molecule has 0 saturated carbocycles. The molecular formula is C22H46Cl2N2O6Pt+2. The molecule has 0 bridgehead atoms. The molecule has 0 aliphatic carbocycles. The van der Waals surface area contributed by atoms with E-state index in [9.17, 15) is 19.2 Å². The van der Waals surface area contributed by atoms with Crippen molar-refractivity contribution < 1.29 is 45.9 Å². The summed E-state index contributed by atoms with van der Waals surface area (Å²) in [5.41, 5.74) is 9.41. The molecule has 0 aromatic heterocycles. The van der Waals surface area contributed by atoms with Gasteiger partial charge in [0.1, 0.15) is 11.6 Å². The van der Waals surface area contributed by atoms with Crippen LogP contribution in [0.1, 0.15) is 94.9 Å². The first-order valence-corrected chi connectivity index (χ1v) is 16.0. The zero-order chi connectivity index (χ0) is 28.0. The van der Waals surface area contributed by atoms with Gasteiger partial charge in [0.05, 0.1) is 12.8 Å². The number of halogens is 2. The molecule has 0 aliphatic rings. The minimum atomic E-state index is -0.914. The molecule has 0 saturated heterocycles. The Hall–Kier alpha value is -0.532. The molecule has 6 N–H and O–H groups in total. The number of carboxylic acids is 2. The first-order chi connectivity index (χ1) is 14.6. The summed E-state index contributed by atoms with van der Waals surface area (Å²) in [5, 5.41) is 16.6. The quantitative estimate of drug-likeness (QED) is 0.301. The van der Waals surface area contributed by atoms with Gasteiger partial charge in [-0.1, -0.05) is 69.2 Å². The van der Waals surface area contributed by atoms with E-state index in [0.29, 0.717) is 12.1 Å². The zero-order valence-corrected chi connectivity index (χ0v) is 25.5. The van der Waals surface area contributed by atoms with Crippen LogP contribution >= 0.6 is 18.8 Å². The first kappa shape index (κ1) is 42.6. The summed E-state index contributed by atoms with van der Waals surface area (Å²) in [6.45, 7) is 18.5. The van der Waals surface area contributed by atoms with Crippen molar-refractivity contribution in [2.24, 2.45) is 22.3 Å². The van der Waals surface area contributed by atoms with Gasteiger partial charge in [0.15, 0.2) is 0 Å². The van der Waals surface area contributed by atoms with E-state index < -0.39 is 39.2 Å². The Bertz CT molecular complexity index is 480. The molecule has 0 amide bonds. The number of carbonyl (C=O) groups excluding carboxylic acids is 2. The third-order valence-corrected chi connectivity index (χ3v) is 2.80. The van der Waals surface area contributed by atoms with Crippen LogP contribution in [0.15, 0.2) is 0 Å². The van der Waals surface area contributed by atoms with Gasteiger partial charge < -0.3 is 21.7 Å². The molecule has 33 heavy (non-hydrogen) atoms. The number of carbonyl (C=O) groups is 4.